The Kier molecular flexibility index (Phi) is 1.80. The molecule has 3 heteroatoms. The number of hydrogen-bond acceptors (Lipinski definition) is 2. The Labute approximate surface area is 84.9 Å². The zero-order valence-corrected chi connectivity index (χ0v) is 8.71. The van der Waals surface area contributed by atoms with Crippen LogP contribution in [0, 0.1) is 3.57 Å². The van der Waals surface area contributed by atoms with E-state index < -0.39 is 5.60 Å². The van der Waals surface area contributed by atoms with Gasteiger partial charge < -0.3 is 10.8 Å². The molecule has 64 valence electrons. The first-order valence-corrected chi connectivity index (χ1v) is 4.97. The van der Waals surface area contributed by atoms with Gasteiger partial charge in [0, 0.05) is 9.26 Å². The summed E-state index contributed by atoms with van der Waals surface area (Å²) in [6, 6.07) is 5.74. The van der Waals surface area contributed by atoms with Crippen molar-refractivity contribution < 1.29 is 5.11 Å². The normalized spacial score (nSPS) is 19.2. The van der Waals surface area contributed by atoms with E-state index in [1.807, 2.05) is 18.2 Å². The molecular formula is C9H10INO. The molecular weight excluding hydrogens is 265 g/mol. The van der Waals surface area contributed by atoms with Gasteiger partial charge in [-0.15, -0.1) is 0 Å². The third-order valence-corrected chi connectivity index (χ3v) is 2.80. The molecule has 1 aliphatic carbocycles. The minimum atomic E-state index is -0.560. The van der Waals surface area contributed by atoms with Gasteiger partial charge in [-0.1, -0.05) is 0 Å². The quantitative estimate of drug-likeness (QED) is 0.607. The molecule has 0 saturated heterocycles. The highest BCUT2D eigenvalue weighted by Crippen LogP contribution is 2.45. The number of nitrogen functional groups attached to an aromatic ring is 1. The summed E-state index contributed by atoms with van der Waals surface area (Å²) in [7, 11) is 0. The molecule has 3 N–H and O–H groups in total. The number of halogens is 1. The summed E-state index contributed by atoms with van der Waals surface area (Å²) >= 11 is 2.21. The molecule has 12 heavy (non-hydrogen) atoms. The van der Waals surface area contributed by atoms with E-state index in [9.17, 15) is 5.11 Å². The zero-order chi connectivity index (χ0) is 8.77. The van der Waals surface area contributed by atoms with E-state index in [1.54, 1.807) is 0 Å². The van der Waals surface area contributed by atoms with E-state index in [1.165, 1.54) is 0 Å². The standard InChI is InChI=1S/C9H10INO/c10-7-3-6(4-8(11)5-7)9(12)1-2-9/h3-5,12H,1-2,11H2. The zero-order valence-electron chi connectivity index (χ0n) is 6.55. The van der Waals surface area contributed by atoms with E-state index in [4.69, 9.17) is 5.73 Å². The van der Waals surface area contributed by atoms with Gasteiger partial charge in [0.05, 0.1) is 5.60 Å². The minimum absolute atomic E-state index is 0.560. The molecule has 0 aromatic heterocycles. The smallest absolute Gasteiger partial charge is 0.0900 e. The van der Waals surface area contributed by atoms with E-state index in [-0.39, 0.29) is 0 Å². The van der Waals surface area contributed by atoms with Crippen molar-refractivity contribution in [3.8, 4) is 0 Å². The maximum Gasteiger partial charge on any atom is 0.0900 e. The van der Waals surface area contributed by atoms with Crippen molar-refractivity contribution in [3.63, 3.8) is 0 Å². The van der Waals surface area contributed by atoms with Crippen LogP contribution in [0.25, 0.3) is 0 Å². The van der Waals surface area contributed by atoms with Crippen LogP contribution in [0.3, 0.4) is 0 Å². The molecule has 2 nitrogen and oxygen atoms in total. The average Bonchev–Trinajstić information content (AvgIpc) is 2.67. The Balaban J connectivity index is 2.44. The summed E-state index contributed by atoms with van der Waals surface area (Å²) < 4.78 is 1.09. The van der Waals surface area contributed by atoms with Crippen molar-refractivity contribution >= 4 is 28.3 Å². The molecule has 1 aromatic rings. The lowest BCUT2D eigenvalue weighted by Gasteiger charge is -2.09. The fourth-order valence-corrected chi connectivity index (χ4v) is 1.98. The predicted octanol–water partition coefficient (Wildman–Crippen LogP) is 1.85. The van der Waals surface area contributed by atoms with Crippen LogP contribution in [0.4, 0.5) is 5.69 Å². The van der Waals surface area contributed by atoms with Crippen molar-refractivity contribution in [3.05, 3.63) is 27.3 Å². The Bertz CT molecular complexity index is 300. The molecule has 0 amide bonds. The second-order valence-electron chi connectivity index (χ2n) is 3.30. The van der Waals surface area contributed by atoms with Gasteiger partial charge in [0.1, 0.15) is 0 Å². The van der Waals surface area contributed by atoms with E-state index in [2.05, 4.69) is 22.6 Å². The lowest BCUT2D eigenvalue weighted by atomic mass is 10.1. The first-order valence-electron chi connectivity index (χ1n) is 3.89. The predicted molar refractivity (Wildman–Crippen MR) is 56.7 cm³/mol. The maximum atomic E-state index is 9.79. The third-order valence-electron chi connectivity index (χ3n) is 2.18. The summed E-state index contributed by atoms with van der Waals surface area (Å²) in [6.45, 7) is 0. The Morgan fingerprint density at radius 1 is 1.33 bits per heavy atom. The molecule has 0 heterocycles. The highest BCUT2D eigenvalue weighted by Gasteiger charge is 2.42. The van der Waals surface area contributed by atoms with Crippen LogP contribution in [0.15, 0.2) is 18.2 Å². The van der Waals surface area contributed by atoms with Crippen LogP contribution in [0.5, 0.6) is 0 Å². The number of nitrogens with two attached hydrogens (primary N) is 1. The molecule has 0 radical (unpaired) electrons. The van der Waals surface area contributed by atoms with Crippen LogP contribution < -0.4 is 5.73 Å². The number of anilines is 1. The van der Waals surface area contributed by atoms with E-state index in [0.29, 0.717) is 0 Å². The van der Waals surface area contributed by atoms with Crippen molar-refractivity contribution in [2.24, 2.45) is 0 Å². The minimum Gasteiger partial charge on any atom is -0.399 e. The monoisotopic (exact) mass is 275 g/mol. The lowest BCUT2D eigenvalue weighted by Crippen LogP contribution is -2.05. The molecule has 2 rings (SSSR count). The highest BCUT2D eigenvalue weighted by molar-refractivity contribution is 14.1. The summed E-state index contributed by atoms with van der Waals surface area (Å²) in [6.07, 6.45) is 1.74. The molecule has 0 aliphatic heterocycles. The van der Waals surface area contributed by atoms with Crippen molar-refractivity contribution in [2.75, 3.05) is 5.73 Å². The van der Waals surface area contributed by atoms with E-state index in [0.717, 1.165) is 27.7 Å². The first-order chi connectivity index (χ1) is 5.60. The topological polar surface area (TPSA) is 46.2 Å². The van der Waals surface area contributed by atoms with Gasteiger partial charge in [0.2, 0.25) is 0 Å². The molecule has 1 aromatic carbocycles. The fourth-order valence-electron chi connectivity index (χ4n) is 1.29. The fraction of sp³-hybridized carbons (Fsp3) is 0.333. The van der Waals surface area contributed by atoms with Crippen LogP contribution in [0.1, 0.15) is 18.4 Å². The van der Waals surface area contributed by atoms with Gasteiger partial charge in [0.25, 0.3) is 0 Å². The van der Waals surface area contributed by atoms with Crippen LogP contribution >= 0.6 is 22.6 Å². The second-order valence-corrected chi connectivity index (χ2v) is 4.55. The number of hydrogen-bond donors (Lipinski definition) is 2. The summed E-state index contributed by atoms with van der Waals surface area (Å²) in [5, 5.41) is 9.79. The van der Waals surface area contributed by atoms with Crippen LogP contribution in [0.2, 0.25) is 0 Å². The van der Waals surface area contributed by atoms with Gasteiger partial charge in [-0.05, 0) is 59.2 Å². The number of benzene rings is 1. The van der Waals surface area contributed by atoms with Crippen molar-refractivity contribution in [2.45, 2.75) is 18.4 Å². The van der Waals surface area contributed by atoms with Crippen LogP contribution in [-0.4, -0.2) is 5.11 Å². The molecule has 1 saturated carbocycles. The molecule has 1 fully saturated rings. The maximum absolute atomic E-state index is 9.79. The van der Waals surface area contributed by atoms with Gasteiger partial charge in [-0.3, -0.25) is 0 Å². The Morgan fingerprint density at radius 2 is 2.00 bits per heavy atom. The van der Waals surface area contributed by atoms with Crippen molar-refractivity contribution in [1.82, 2.24) is 0 Å². The average molecular weight is 275 g/mol. The van der Waals surface area contributed by atoms with Gasteiger partial charge in [-0.25, -0.2) is 0 Å². The molecule has 1 aliphatic rings. The second kappa shape index (κ2) is 2.60. The molecule has 0 atom stereocenters. The first kappa shape index (κ1) is 8.31. The summed E-state index contributed by atoms with van der Waals surface area (Å²) in [4.78, 5) is 0. The lowest BCUT2D eigenvalue weighted by molar-refractivity contribution is 0.151. The SMILES string of the molecule is Nc1cc(I)cc(C2(O)CC2)c1. The van der Waals surface area contributed by atoms with E-state index >= 15 is 0 Å². The highest BCUT2D eigenvalue weighted by atomic mass is 127. The van der Waals surface area contributed by atoms with Gasteiger partial charge in [0.15, 0.2) is 0 Å². The number of aliphatic hydroxyl groups is 1. The molecule has 0 spiro atoms. The summed E-state index contributed by atoms with van der Waals surface area (Å²) in [5.41, 5.74) is 6.81. The van der Waals surface area contributed by atoms with Gasteiger partial charge in [-0.2, -0.15) is 0 Å². The largest absolute Gasteiger partial charge is 0.399 e. The summed E-state index contributed by atoms with van der Waals surface area (Å²) in [5.74, 6) is 0. The molecule has 0 bridgehead atoms. The van der Waals surface area contributed by atoms with Crippen LogP contribution in [-0.2, 0) is 5.60 Å². The number of rotatable bonds is 1. The van der Waals surface area contributed by atoms with Crippen molar-refractivity contribution in [1.29, 1.82) is 0 Å². The Hall–Kier alpha value is -0.290. The van der Waals surface area contributed by atoms with Gasteiger partial charge >= 0.3 is 0 Å². The molecule has 0 unspecified atom stereocenters. The Morgan fingerprint density at radius 3 is 2.50 bits per heavy atom. The third kappa shape index (κ3) is 1.43.